The molecule has 6 N–H and O–H groups in total. The van der Waals surface area contributed by atoms with Crippen molar-refractivity contribution in [1.29, 1.82) is 0 Å². The van der Waals surface area contributed by atoms with Crippen molar-refractivity contribution in [1.82, 2.24) is 20.1 Å². The highest BCUT2D eigenvalue weighted by molar-refractivity contribution is 8.01. The molecule has 416 valence electrons. The normalized spacial score (nSPS) is 31.6. The Hall–Kier alpha value is -5.96. The van der Waals surface area contributed by atoms with Crippen molar-refractivity contribution in [2.45, 2.75) is 145 Å². The molecular formula is C62H77N5O10S. The molecular weight excluding hydrogens is 1010 g/mol. The molecule has 0 radical (unpaired) electrons. The van der Waals surface area contributed by atoms with Crippen LogP contribution in [-0.4, -0.2) is 115 Å². The van der Waals surface area contributed by atoms with E-state index in [2.05, 4.69) is 46.8 Å². The molecule has 78 heavy (non-hydrogen) atoms. The minimum Gasteiger partial charge on any atom is -0.508 e. The zero-order chi connectivity index (χ0) is 56.1. The number of thioether (sulfide) groups is 1. The molecule has 2 bridgehead atoms. The summed E-state index contributed by atoms with van der Waals surface area (Å²) in [5.41, 5.74) is 9.48. The predicted molar refractivity (Wildman–Crippen MR) is 299 cm³/mol. The van der Waals surface area contributed by atoms with E-state index in [1.165, 1.54) is 34.2 Å². The monoisotopic (exact) mass is 1080 g/mol. The number of rotatable bonds is 10. The molecule has 7 fully saturated rings. The van der Waals surface area contributed by atoms with Crippen LogP contribution in [0.25, 0.3) is 10.9 Å². The Bertz CT molecular complexity index is 2960. The third kappa shape index (κ3) is 10.7. The van der Waals surface area contributed by atoms with Crippen LogP contribution in [0.3, 0.4) is 0 Å². The van der Waals surface area contributed by atoms with Gasteiger partial charge in [0.1, 0.15) is 40.6 Å². The highest BCUT2D eigenvalue weighted by atomic mass is 32.2. The molecule has 5 saturated heterocycles. The van der Waals surface area contributed by atoms with Crippen LogP contribution in [0.2, 0.25) is 0 Å². The molecule has 2 amide bonds. The van der Waals surface area contributed by atoms with Crippen LogP contribution < -0.4 is 15.8 Å². The van der Waals surface area contributed by atoms with Crippen LogP contribution in [0, 0.1) is 46.8 Å². The molecule has 12 rings (SSSR count). The number of aliphatic hydroxyl groups is 2. The summed E-state index contributed by atoms with van der Waals surface area (Å²) in [6.07, 6.45) is 17.4. The van der Waals surface area contributed by atoms with Gasteiger partial charge in [-0.3, -0.25) is 24.3 Å². The molecule has 4 aromatic rings. The number of ether oxygens (including phenoxy) is 3. The van der Waals surface area contributed by atoms with Crippen molar-refractivity contribution < 1.29 is 48.7 Å². The first-order valence-corrected chi connectivity index (χ1v) is 28.4. The Morgan fingerprint density at radius 2 is 1.78 bits per heavy atom. The number of benzene rings is 3. The van der Waals surface area contributed by atoms with Crippen LogP contribution in [0.5, 0.6) is 11.5 Å². The number of pyridine rings is 1. The van der Waals surface area contributed by atoms with Gasteiger partial charge in [0.05, 0.1) is 24.1 Å². The fourth-order valence-corrected chi connectivity index (χ4v) is 15.5. The van der Waals surface area contributed by atoms with E-state index in [-0.39, 0.29) is 17.4 Å². The standard InChI is InChI=1S/C22H29N3O6S.C20H24N2O2.C20H24O2/c1-21(2,3)20(29)31-11-30-19(28)15-22(4,5)32-18-14(17(27)25(15)18)24-16(26)13(23)12-9-7-6-8-10-12;1-3-13-12-22-9-7-14(13)10-19(22)20(23)16-6-8-21-18-5-4-15(24-2)11-17(16)18;1-3-20(22)11-9-18-17-6-4-13-12-14(21)5-7-15(13)16(17)8-10-19(18,20)2/h6-10,13-15,18H,11,23H2,1-5H3,(H,24,26);3-6,8,11,13-14,19-20,23H,1,7,9-10,12H2,2H3;1,5,7,12,16-18,21-22H,4,6,8-11H2,2H3/t13-,14-,15+,18-;13-,14-,19+,20-;16-,17-,18+,19+,20+/m101/s1. The molecule has 14 atom stereocenters. The average Bonchev–Trinajstić information content (AvgIpc) is 3.98. The maximum Gasteiger partial charge on any atom is 0.333 e. The molecule has 3 aromatic carbocycles. The van der Waals surface area contributed by atoms with Crippen molar-refractivity contribution in [3.8, 4) is 23.8 Å². The van der Waals surface area contributed by atoms with Gasteiger partial charge in [-0.2, -0.15) is 0 Å². The number of nitrogens with two attached hydrogens (primary N) is 1. The minimum absolute atomic E-state index is 0.128. The molecule has 3 aliphatic carbocycles. The fourth-order valence-electron chi connectivity index (χ4n) is 13.9. The van der Waals surface area contributed by atoms with Gasteiger partial charge >= 0.3 is 11.9 Å². The molecule has 6 heterocycles. The lowest BCUT2D eigenvalue weighted by atomic mass is 9.53. The van der Waals surface area contributed by atoms with Crippen molar-refractivity contribution >= 4 is 46.4 Å². The van der Waals surface area contributed by atoms with Gasteiger partial charge < -0.3 is 45.5 Å². The highest BCUT2D eigenvalue weighted by Crippen LogP contribution is 2.64. The van der Waals surface area contributed by atoms with Crippen LogP contribution in [-0.2, 0) is 35.1 Å². The Morgan fingerprint density at radius 1 is 1.03 bits per heavy atom. The number of methoxy groups -OCH3 is 1. The molecule has 15 nitrogen and oxygen atoms in total. The number of fused-ring (bicyclic) bond motifs is 10. The number of hydrogen-bond donors (Lipinski definition) is 5. The summed E-state index contributed by atoms with van der Waals surface area (Å²) < 4.78 is 14.8. The number of phenols is 1. The number of amides is 2. The topological polar surface area (TPSA) is 214 Å². The van der Waals surface area contributed by atoms with Crippen molar-refractivity contribution in [3.63, 3.8) is 0 Å². The molecule has 0 spiro atoms. The van der Waals surface area contributed by atoms with Crippen LogP contribution in [0.4, 0.5) is 0 Å². The van der Waals surface area contributed by atoms with E-state index in [4.69, 9.17) is 26.4 Å². The second kappa shape index (κ2) is 22.3. The number of aromatic nitrogens is 1. The summed E-state index contributed by atoms with van der Waals surface area (Å²) in [6.45, 7) is 16.5. The molecule has 5 aliphatic heterocycles. The average molecular weight is 1080 g/mol. The van der Waals surface area contributed by atoms with E-state index >= 15 is 0 Å². The number of carbonyl (C=O) groups excluding carboxylic acids is 4. The Balaban J connectivity index is 0.000000145. The van der Waals surface area contributed by atoms with E-state index in [1.807, 2.05) is 56.3 Å². The summed E-state index contributed by atoms with van der Waals surface area (Å²) in [7, 11) is 1.66. The second-order valence-electron chi connectivity index (χ2n) is 24.2. The Kier molecular flexibility index (Phi) is 16.2. The number of terminal acetylenes is 1. The molecule has 2 saturated carbocycles. The number of nitrogens with one attached hydrogen (secondary N) is 1. The number of carbonyl (C=O) groups is 4. The summed E-state index contributed by atoms with van der Waals surface area (Å²) in [4.78, 5) is 58.2. The number of aromatic hydroxyl groups is 1. The summed E-state index contributed by atoms with van der Waals surface area (Å²) in [5, 5.41) is 35.1. The molecule has 1 aromatic heterocycles. The van der Waals surface area contributed by atoms with Crippen molar-refractivity contribution in [2.75, 3.05) is 27.0 Å². The highest BCUT2D eigenvalue weighted by Gasteiger charge is 2.65. The molecule has 0 unspecified atom stereocenters. The fraction of sp³-hybridized carbons (Fsp3) is 0.532. The maximum absolute atomic E-state index is 12.8. The third-order valence-corrected chi connectivity index (χ3v) is 19.9. The first-order chi connectivity index (χ1) is 37.0. The lowest BCUT2D eigenvalue weighted by Gasteiger charge is -2.52. The predicted octanol–water partition coefficient (Wildman–Crippen LogP) is 8.11. The zero-order valence-electron chi connectivity index (χ0n) is 46.0. The number of aryl methyl sites for hydroxylation is 1. The summed E-state index contributed by atoms with van der Waals surface area (Å²) >= 11 is 1.40. The second-order valence-corrected chi connectivity index (χ2v) is 25.9. The van der Waals surface area contributed by atoms with Crippen LogP contribution in [0.15, 0.2) is 91.6 Å². The summed E-state index contributed by atoms with van der Waals surface area (Å²) in [6, 6.07) is 20.1. The van der Waals surface area contributed by atoms with Gasteiger partial charge in [-0.05, 0) is 181 Å². The lowest BCUT2D eigenvalue weighted by molar-refractivity contribution is -0.180. The first-order valence-electron chi connectivity index (χ1n) is 27.5. The largest absolute Gasteiger partial charge is 0.508 e. The van der Waals surface area contributed by atoms with Gasteiger partial charge in [0.2, 0.25) is 18.6 Å². The minimum atomic E-state index is -0.919. The molecule has 16 heteroatoms. The van der Waals surface area contributed by atoms with E-state index < -0.39 is 70.0 Å². The van der Waals surface area contributed by atoms with Crippen molar-refractivity contribution in [2.24, 2.45) is 40.2 Å². The van der Waals surface area contributed by atoms with Crippen molar-refractivity contribution in [3.05, 3.63) is 114 Å². The van der Waals surface area contributed by atoms with Gasteiger partial charge in [-0.25, -0.2) is 4.79 Å². The quantitative estimate of drug-likeness (QED) is 0.0334. The number of hydrogen-bond acceptors (Lipinski definition) is 14. The number of nitrogens with zero attached hydrogens (tertiary/aromatic N) is 3. The number of aliphatic hydroxyl groups excluding tert-OH is 1. The lowest BCUT2D eigenvalue weighted by Crippen LogP contribution is -2.71. The van der Waals surface area contributed by atoms with Crippen LogP contribution >= 0.6 is 11.8 Å². The maximum atomic E-state index is 12.8. The van der Waals surface area contributed by atoms with E-state index in [1.54, 1.807) is 58.3 Å². The summed E-state index contributed by atoms with van der Waals surface area (Å²) in [5.74, 6) is 4.82. The van der Waals surface area contributed by atoms with Gasteiger partial charge in [-0.1, -0.05) is 55.3 Å². The Morgan fingerprint density at radius 3 is 2.46 bits per heavy atom. The van der Waals surface area contributed by atoms with Gasteiger partial charge in [0.25, 0.3) is 0 Å². The number of phenolic OH excluding ortho intramolecular Hbond substituents is 1. The first kappa shape index (κ1) is 56.7. The van der Waals surface area contributed by atoms with Gasteiger partial charge in [0, 0.05) is 34.3 Å². The zero-order valence-corrected chi connectivity index (χ0v) is 46.8. The van der Waals surface area contributed by atoms with Gasteiger partial charge in [-0.15, -0.1) is 24.8 Å². The van der Waals surface area contributed by atoms with Gasteiger partial charge in [0.15, 0.2) is 0 Å². The van der Waals surface area contributed by atoms with E-state index in [0.717, 1.165) is 80.3 Å². The molecule has 8 aliphatic rings. The number of esters is 2. The van der Waals surface area contributed by atoms with E-state index in [0.29, 0.717) is 40.9 Å². The van der Waals surface area contributed by atoms with Crippen LogP contribution in [0.1, 0.15) is 127 Å². The third-order valence-electron chi connectivity index (χ3n) is 18.3. The number of piperidine rings is 3. The SMILES string of the molecule is C#C[C@]1(O)CC[C@H]2[C@@H]3CCc4cc(O)ccc4[C@H]3CC[C@@]21C.C=C[C@H]1C[N@]2CC[C@H]1C[C@@H]2[C@@H](O)c1ccnc2ccc(OC)cc12.CC(C)(C)C(=O)OCOC(=O)[C@@H]1N2C(=O)[C@@H](NC(=O)[C@H](N)c3ccccc3)[C@H]2SC1(C)C. The smallest absolute Gasteiger partial charge is 0.333 e. The van der Waals surface area contributed by atoms with E-state index in [9.17, 15) is 34.5 Å². The number of β-lactam (4-membered cyclic amide) rings is 1. The Labute approximate surface area is 463 Å².